The topological polar surface area (TPSA) is 74.3 Å². The van der Waals surface area contributed by atoms with Gasteiger partial charge in [-0.15, -0.1) is 0 Å². The normalized spacial score (nSPS) is 25.2. The van der Waals surface area contributed by atoms with E-state index in [1.54, 1.807) is 25.4 Å². The fraction of sp³-hybridized carbons (Fsp3) is 0.409. The van der Waals surface area contributed by atoms with Crippen LogP contribution in [0.4, 0.5) is 5.82 Å². The number of hydrogen-bond acceptors (Lipinski definition) is 4. The molecule has 6 nitrogen and oxygen atoms in total. The zero-order valence-corrected chi connectivity index (χ0v) is 15.9. The lowest BCUT2D eigenvalue weighted by molar-refractivity contribution is 0.0754. The van der Waals surface area contributed by atoms with E-state index in [4.69, 9.17) is 0 Å². The van der Waals surface area contributed by atoms with Crippen LogP contribution < -0.4 is 10.6 Å². The Kier molecular flexibility index (Phi) is 4.07. The van der Waals surface area contributed by atoms with Gasteiger partial charge in [-0.1, -0.05) is 12.1 Å². The van der Waals surface area contributed by atoms with E-state index in [0.29, 0.717) is 28.8 Å². The second kappa shape index (κ2) is 6.62. The zero-order valence-electron chi connectivity index (χ0n) is 15.9. The van der Waals surface area contributed by atoms with Crippen LogP contribution in [0.2, 0.25) is 0 Å². The average Bonchev–Trinajstić information content (AvgIpc) is 3.65. The lowest BCUT2D eigenvalue weighted by Crippen LogP contribution is -2.39. The van der Waals surface area contributed by atoms with E-state index in [-0.39, 0.29) is 23.9 Å². The van der Waals surface area contributed by atoms with Crippen LogP contribution >= 0.6 is 0 Å². The van der Waals surface area contributed by atoms with Gasteiger partial charge in [0, 0.05) is 31.3 Å². The second-order valence-electron chi connectivity index (χ2n) is 7.99. The molecule has 2 amide bonds. The van der Waals surface area contributed by atoms with Gasteiger partial charge in [0.1, 0.15) is 5.82 Å². The smallest absolute Gasteiger partial charge is 0.257 e. The van der Waals surface area contributed by atoms with Gasteiger partial charge in [-0.3, -0.25) is 9.59 Å². The van der Waals surface area contributed by atoms with Crippen molar-refractivity contribution in [2.24, 2.45) is 5.92 Å². The third-order valence-electron chi connectivity index (χ3n) is 6.25. The molecule has 3 atom stereocenters. The molecule has 2 heterocycles. The van der Waals surface area contributed by atoms with Crippen molar-refractivity contribution in [2.75, 3.05) is 18.9 Å². The van der Waals surface area contributed by atoms with Gasteiger partial charge in [-0.2, -0.15) is 0 Å². The number of likely N-dealkylation sites (tertiary alicyclic amines) is 1. The summed E-state index contributed by atoms with van der Waals surface area (Å²) in [5, 5.41) is 6.12. The summed E-state index contributed by atoms with van der Waals surface area (Å²) < 4.78 is 0. The monoisotopic (exact) mass is 376 g/mol. The number of piperidine rings is 1. The minimum Gasteiger partial charge on any atom is -0.372 e. The Labute approximate surface area is 164 Å². The Morgan fingerprint density at radius 1 is 1.11 bits per heavy atom. The molecule has 1 aromatic carbocycles. The number of pyridine rings is 1. The molecule has 2 N–H and O–H groups in total. The van der Waals surface area contributed by atoms with Gasteiger partial charge >= 0.3 is 0 Å². The molecule has 0 unspecified atom stereocenters. The molecule has 144 valence electrons. The van der Waals surface area contributed by atoms with Crippen molar-refractivity contribution in [1.82, 2.24) is 15.2 Å². The number of aromatic nitrogens is 1. The van der Waals surface area contributed by atoms with E-state index in [1.165, 1.54) is 18.4 Å². The van der Waals surface area contributed by atoms with Crippen LogP contribution in [-0.2, 0) is 0 Å². The number of carbonyl (C=O) groups excluding carboxylic acids is 2. The first-order chi connectivity index (χ1) is 13.7. The predicted molar refractivity (Wildman–Crippen MR) is 106 cm³/mol. The van der Waals surface area contributed by atoms with Gasteiger partial charge in [-0.05, 0) is 55.0 Å². The van der Waals surface area contributed by atoms with Crippen LogP contribution in [-0.4, -0.2) is 47.4 Å². The lowest BCUT2D eigenvalue weighted by atomic mass is 10.1. The fourth-order valence-corrected chi connectivity index (χ4v) is 4.49. The molecule has 0 radical (unpaired) electrons. The van der Waals surface area contributed by atoms with Crippen LogP contribution in [0.1, 0.15) is 51.5 Å². The molecule has 2 saturated carbocycles. The number of fused-ring (bicyclic) bond motifs is 1. The Morgan fingerprint density at radius 2 is 1.89 bits per heavy atom. The SMILES string of the molecule is CNc1ncccc1C(=O)N1CC[C@@H]2[C@@H](NC(=O)c3ccc(C4CC4)cc3)[C@@H]21. The number of rotatable bonds is 5. The van der Waals surface area contributed by atoms with E-state index in [9.17, 15) is 9.59 Å². The summed E-state index contributed by atoms with van der Waals surface area (Å²) in [6.07, 6.45) is 5.11. The minimum absolute atomic E-state index is 0.0181. The summed E-state index contributed by atoms with van der Waals surface area (Å²) in [5.74, 6) is 1.57. The first kappa shape index (κ1) is 17.2. The van der Waals surface area contributed by atoms with E-state index in [0.717, 1.165) is 13.0 Å². The Balaban J connectivity index is 1.25. The van der Waals surface area contributed by atoms with E-state index in [1.807, 2.05) is 17.0 Å². The van der Waals surface area contributed by atoms with Crippen LogP contribution in [0.15, 0.2) is 42.6 Å². The van der Waals surface area contributed by atoms with E-state index >= 15 is 0 Å². The van der Waals surface area contributed by atoms with Gasteiger partial charge in [0.15, 0.2) is 0 Å². The van der Waals surface area contributed by atoms with E-state index < -0.39 is 0 Å². The highest BCUT2D eigenvalue weighted by Crippen LogP contribution is 2.46. The second-order valence-corrected chi connectivity index (χ2v) is 7.99. The van der Waals surface area contributed by atoms with Gasteiger partial charge in [0.25, 0.3) is 11.8 Å². The number of benzene rings is 1. The molecule has 1 saturated heterocycles. The van der Waals surface area contributed by atoms with Crippen molar-refractivity contribution in [1.29, 1.82) is 0 Å². The van der Waals surface area contributed by atoms with Crippen molar-refractivity contribution in [3.8, 4) is 0 Å². The molecule has 28 heavy (non-hydrogen) atoms. The first-order valence-corrected chi connectivity index (χ1v) is 10.0. The van der Waals surface area contributed by atoms with Crippen molar-refractivity contribution >= 4 is 17.6 Å². The molecule has 6 heteroatoms. The number of anilines is 1. The first-order valence-electron chi connectivity index (χ1n) is 10.0. The summed E-state index contributed by atoms with van der Waals surface area (Å²) in [6.45, 7) is 0.731. The zero-order chi connectivity index (χ0) is 19.3. The van der Waals surface area contributed by atoms with Crippen molar-refractivity contribution in [3.63, 3.8) is 0 Å². The van der Waals surface area contributed by atoms with Crippen molar-refractivity contribution in [2.45, 2.75) is 37.3 Å². The fourth-order valence-electron chi connectivity index (χ4n) is 4.49. The van der Waals surface area contributed by atoms with Crippen LogP contribution in [0.5, 0.6) is 0 Å². The standard InChI is InChI=1S/C22H24N4O2/c1-23-20-17(3-2-11-24-20)22(28)26-12-10-16-18(19(16)26)25-21(27)15-8-6-14(7-9-15)13-4-5-13/h2-3,6-9,11,13,16,18-19H,4-5,10,12H2,1H3,(H,23,24)(H,25,27)/t16-,18-,19-/m1/s1. The predicted octanol–water partition coefficient (Wildman–Crippen LogP) is 2.64. The molecule has 2 aromatic rings. The molecular weight excluding hydrogens is 352 g/mol. The average molecular weight is 376 g/mol. The quantitative estimate of drug-likeness (QED) is 0.841. The molecule has 3 aliphatic rings. The highest BCUT2D eigenvalue weighted by Gasteiger charge is 2.59. The Morgan fingerprint density at radius 3 is 2.61 bits per heavy atom. The maximum absolute atomic E-state index is 13.0. The van der Waals surface area contributed by atoms with Crippen LogP contribution in [0.3, 0.4) is 0 Å². The maximum atomic E-state index is 13.0. The minimum atomic E-state index is -0.0496. The Bertz CT molecular complexity index is 922. The highest BCUT2D eigenvalue weighted by atomic mass is 16.2. The number of amides is 2. The molecule has 2 aliphatic carbocycles. The summed E-state index contributed by atoms with van der Waals surface area (Å²) in [4.78, 5) is 31.8. The summed E-state index contributed by atoms with van der Waals surface area (Å²) in [7, 11) is 1.76. The molecule has 5 rings (SSSR count). The number of hydrogen-bond donors (Lipinski definition) is 2. The number of nitrogens with zero attached hydrogens (tertiary/aromatic N) is 2. The molecule has 0 spiro atoms. The number of nitrogens with one attached hydrogen (secondary N) is 2. The highest BCUT2D eigenvalue weighted by molar-refractivity contribution is 6.00. The van der Waals surface area contributed by atoms with Gasteiger partial charge in [0.05, 0.1) is 17.6 Å². The summed E-state index contributed by atoms with van der Waals surface area (Å²) in [6, 6.07) is 11.7. The van der Waals surface area contributed by atoms with E-state index in [2.05, 4.69) is 27.8 Å². The molecule has 3 fully saturated rings. The van der Waals surface area contributed by atoms with Gasteiger partial charge < -0.3 is 15.5 Å². The van der Waals surface area contributed by atoms with Gasteiger partial charge in [0.2, 0.25) is 0 Å². The largest absolute Gasteiger partial charge is 0.372 e. The molecular formula is C22H24N4O2. The van der Waals surface area contributed by atoms with Crippen molar-refractivity contribution in [3.05, 3.63) is 59.3 Å². The van der Waals surface area contributed by atoms with Crippen LogP contribution in [0.25, 0.3) is 0 Å². The molecule has 1 aromatic heterocycles. The Hall–Kier alpha value is -2.89. The summed E-state index contributed by atoms with van der Waals surface area (Å²) in [5.41, 5.74) is 2.60. The molecule has 1 aliphatic heterocycles. The van der Waals surface area contributed by atoms with Crippen molar-refractivity contribution < 1.29 is 9.59 Å². The number of carbonyl (C=O) groups is 2. The third kappa shape index (κ3) is 2.93. The maximum Gasteiger partial charge on any atom is 0.257 e. The lowest BCUT2D eigenvalue weighted by Gasteiger charge is -2.21. The summed E-state index contributed by atoms with van der Waals surface area (Å²) >= 11 is 0. The third-order valence-corrected chi connectivity index (χ3v) is 6.25. The molecule has 0 bridgehead atoms. The van der Waals surface area contributed by atoms with Gasteiger partial charge in [-0.25, -0.2) is 4.98 Å². The van der Waals surface area contributed by atoms with Crippen LogP contribution in [0, 0.1) is 5.92 Å².